The van der Waals surface area contributed by atoms with Crippen molar-refractivity contribution >= 4 is 28.9 Å². The van der Waals surface area contributed by atoms with Gasteiger partial charge in [0.15, 0.2) is 0 Å². The summed E-state index contributed by atoms with van der Waals surface area (Å²) in [6.07, 6.45) is 0. The van der Waals surface area contributed by atoms with E-state index in [1.807, 2.05) is 0 Å². The first-order valence-corrected chi connectivity index (χ1v) is 9.00. The van der Waals surface area contributed by atoms with E-state index >= 15 is 0 Å². The number of methoxy groups -OCH3 is 1. The largest absolute Gasteiger partial charge is 0.497 e. The normalized spacial score (nSPS) is 10.2. The van der Waals surface area contributed by atoms with E-state index in [4.69, 9.17) is 4.74 Å². The van der Waals surface area contributed by atoms with Crippen LogP contribution in [0.2, 0.25) is 0 Å². The zero-order valence-corrected chi connectivity index (χ0v) is 16.3. The number of nitro benzene ring substituents is 1. The van der Waals surface area contributed by atoms with Crippen LogP contribution < -0.4 is 15.4 Å². The van der Waals surface area contributed by atoms with Gasteiger partial charge in [0.2, 0.25) is 0 Å². The number of aryl methyl sites for hydroxylation is 1. The van der Waals surface area contributed by atoms with Gasteiger partial charge in [0.1, 0.15) is 5.75 Å². The maximum atomic E-state index is 12.8. The number of nitro groups is 1. The first kappa shape index (κ1) is 20.5. The van der Waals surface area contributed by atoms with E-state index in [0.717, 1.165) is 0 Å². The fourth-order valence-electron chi connectivity index (χ4n) is 2.81. The smallest absolute Gasteiger partial charge is 0.274 e. The highest BCUT2D eigenvalue weighted by Gasteiger charge is 2.16. The van der Waals surface area contributed by atoms with Gasteiger partial charge in [0, 0.05) is 22.9 Å². The summed E-state index contributed by atoms with van der Waals surface area (Å²) in [4.78, 5) is 35.9. The molecule has 0 unspecified atom stereocenters. The second-order valence-corrected chi connectivity index (χ2v) is 6.44. The molecule has 3 rings (SSSR count). The van der Waals surface area contributed by atoms with Crippen molar-refractivity contribution in [2.24, 2.45) is 0 Å². The first-order valence-electron chi connectivity index (χ1n) is 9.00. The number of carbonyl (C=O) groups excluding carboxylic acids is 2. The molecule has 2 amide bonds. The maximum Gasteiger partial charge on any atom is 0.274 e. The summed E-state index contributed by atoms with van der Waals surface area (Å²) >= 11 is 0. The minimum atomic E-state index is -0.506. The summed E-state index contributed by atoms with van der Waals surface area (Å²) in [7, 11) is 1.53. The van der Waals surface area contributed by atoms with Gasteiger partial charge in [0.25, 0.3) is 17.5 Å². The molecule has 8 nitrogen and oxygen atoms in total. The van der Waals surface area contributed by atoms with Crippen molar-refractivity contribution in [3.8, 4) is 5.75 Å². The summed E-state index contributed by atoms with van der Waals surface area (Å²) in [5.41, 5.74) is 1.63. The van der Waals surface area contributed by atoms with Crippen molar-refractivity contribution in [2.75, 3.05) is 17.7 Å². The fraction of sp³-hybridized carbons (Fsp3) is 0.0909. The van der Waals surface area contributed by atoms with Crippen LogP contribution in [0.5, 0.6) is 5.75 Å². The second-order valence-electron chi connectivity index (χ2n) is 6.44. The molecule has 152 valence electrons. The molecule has 0 fully saturated rings. The quantitative estimate of drug-likeness (QED) is 0.466. The Morgan fingerprint density at radius 1 is 0.933 bits per heavy atom. The SMILES string of the molecule is COc1ccc(C(=O)Nc2ccccc2C(=O)Nc2ccc(C)c([N+](=O)[O-])c2)cc1. The third kappa shape index (κ3) is 4.61. The molecule has 0 aliphatic rings. The van der Waals surface area contributed by atoms with Crippen molar-refractivity contribution in [1.82, 2.24) is 0 Å². The summed E-state index contributed by atoms with van der Waals surface area (Å²) in [5, 5.41) is 16.5. The average molecular weight is 405 g/mol. The second kappa shape index (κ2) is 8.87. The molecule has 0 aliphatic heterocycles. The molecule has 0 saturated carbocycles. The number of ether oxygens (including phenoxy) is 1. The molecule has 0 bridgehead atoms. The van der Waals surface area contributed by atoms with E-state index in [1.54, 1.807) is 67.6 Å². The third-order valence-electron chi connectivity index (χ3n) is 4.44. The number of benzene rings is 3. The standard InChI is InChI=1S/C22H19N3O5/c1-14-7-10-16(13-20(14)25(28)29)23-22(27)18-5-3-4-6-19(18)24-21(26)15-8-11-17(30-2)12-9-15/h3-13H,1-2H3,(H,23,27)(H,24,26). The molecular weight excluding hydrogens is 386 g/mol. The third-order valence-corrected chi connectivity index (χ3v) is 4.44. The average Bonchev–Trinajstić information content (AvgIpc) is 2.75. The van der Waals surface area contributed by atoms with E-state index in [0.29, 0.717) is 22.6 Å². The first-order chi connectivity index (χ1) is 14.4. The van der Waals surface area contributed by atoms with E-state index in [1.165, 1.54) is 13.2 Å². The highest BCUT2D eigenvalue weighted by atomic mass is 16.6. The number of carbonyl (C=O) groups is 2. The highest BCUT2D eigenvalue weighted by Crippen LogP contribution is 2.24. The maximum absolute atomic E-state index is 12.8. The predicted molar refractivity (Wildman–Crippen MR) is 113 cm³/mol. The lowest BCUT2D eigenvalue weighted by atomic mass is 10.1. The fourth-order valence-corrected chi connectivity index (χ4v) is 2.81. The van der Waals surface area contributed by atoms with E-state index in [2.05, 4.69) is 10.6 Å². The Morgan fingerprint density at radius 2 is 1.63 bits per heavy atom. The summed E-state index contributed by atoms with van der Waals surface area (Å²) in [6, 6.07) is 17.5. The Hall–Kier alpha value is -4.20. The lowest BCUT2D eigenvalue weighted by Crippen LogP contribution is -2.18. The van der Waals surface area contributed by atoms with Crippen LogP contribution in [0.3, 0.4) is 0 Å². The van der Waals surface area contributed by atoms with Crippen LogP contribution in [-0.4, -0.2) is 23.8 Å². The Kier molecular flexibility index (Phi) is 6.07. The predicted octanol–water partition coefficient (Wildman–Crippen LogP) is 4.42. The monoisotopic (exact) mass is 405 g/mol. The number of anilines is 2. The molecule has 0 heterocycles. The molecule has 30 heavy (non-hydrogen) atoms. The number of rotatable bonds is 6. The van der Waals surface area contributed by atoms with E-state index in [-0.39, 0.29) is 22.8 Å². The molecule has 0 spiro atoms. The van der Waals surface area contributed by atoms with Crippen molar-refractivity contribution in [1.29, 1.82) is 0 Å². The van der Waals surface area contributed by atoms with Gasteiger partial charge in [-0.2, -0.15) is 0 Å². The van der Waals surface area contributed by atoms with Crippen LogP contribution >= 0.6 is 0 Å². The molecule has 0 aliphatic carbocycles. The topological polar surface area (TPSA) is 111 Å². The summed E-state index contributed by atoms with van der Waals surface area (Å²) in [6.45, 7) is 1.62. The van der Waals surface area contributed by atoms with Gasteiger partial charge >= 0.3 is 0 Å². The molecule has 3 aromatic carbocycles. The number of hydrogen-bond acceptors (Lipinski definition) is 5. The van der Waals surface area contributed by atoms with Gasteiger partial charge in [0.05, 0.1) is 23.3 Å². The number of para-hydroxylation sites is 1. The Labute approximate surface area is 172 Å². The molecule has 0 saturated heterocycles. The number of hydrogen-bond donors (Lipinski definition) is 2. The zero-order chi connectivity index (χ0) is 21.7. The Balaban J connectivity index is 1.80. The highest BCUT2D eigenvalue weighted by molar-refractivity contribution is 6.12. The van der Waals surface area contributed by atoms with Gasteiger partial charge in [-0.25, -0.2) is 0 Å². The zero-order valence-electron chi connectivity index (χ0n) is 16.3. The lowest BCUT2D eigenvalue weighted by Gasteiger charge is -2.12. The summed E-state index contributed by atoms with van der Waals surface area (Å²) < 4.78 is 5.08. The molecular formula is C22H19N3O5. The minimum absolute atomic E-state index is 0.0890. The molecule has 0 radical (unpaired) electrons. The number of nitrogens with one attached hydrogen (secondary N) is 2. The van der Waals surface area contributed by atoms with Crippen LogP contribution in [0.15, 0.2) is 66.7 Å². The van der Waals surface area contributed by atoms with Gasteiger partial charge in [-0.15, -0.1) is 0 Å². The van der Waals surface area contributed by atoms with Crippen LogP contribution in [0.1, 0.15) is 26.3 Å². The number of nitrogens with zero attached hydrogens (tertiary/aromatic N) is 1. The van der Waals surface area contributed by atoms with Gasteiger partial charge in [-0.1, -0.05) is 18.2 Å². The van der Waals surface area contributed by atoms with Crippen LogP contribution in [0.4, 0.5) is 17.1 Å². The number of amides is 2. The van der Waals surface area contributed by atoms with Crippen molar-refractivity contribution in [3.63, 3.8) is 0 Å². The molecule has 0 aromatic heterocycles. The van der Waals surface area contributed by atoms with E-state index in [9.17, 15) is 19.7 Å². The molecule has 8 heteroatoms. The van der Waals surface area contributed by atoms with Crippen molar-refractivity contribution in [2.45, 2.75) is 6.92 Å². The van der Waals surface area contributed by atoms with Crippen LogP contribution in [0, 0.1) is 17.0 Å². The van der Waals surface area contributed by atoms with Crippen LogP contribution in [0.25, 0.3) is 0 Å². The van der Waals surface area contributed by atoms with Crippen LogP contribution in [-0.2, 0) is 0 Å². The molecule has 2 N–H and O–H groups in total. The van der Waals surface area contributed by atoms with Gasteiger partial charge in [-0.3, -0.25) is 19.7 Å². The minimum Gasteiger partial charge on any atom is -0.497 e. The van der Waals surface area contributed by atoms with Crippen molar-refractivity contribution < 1.29 is 19.2 Å². The van der Waals surface area contributed by atoms with Gasteiger partial charge in [-0.05, 0) is 49.4 Å². The Morgan fingerprint density at radius 3 is 2.30 bits per heavy atom. The lowest BCUT2D eigenvalue weighted by molar-refractivity contribution is -0.385. The van der Waals surface area contributed by atoms with Gasteiger partial charge < -0.3 is 15.4 Å². The molecule has 3 aromatic rings. The summed E-state index contributed by atoms with van der Waals surface area (Å²) in [5.74, 6) is -0.263. The van der Waals surface area contributed by atoms with E-state index < -0.39 is 10.8 Å². The molecule has 0 atom stereocenters. The van der Waals surface area contributed by atoms with Crippen molar-refractivity contribution in [3.05, 3.63) is 93.5 Å². The Bertz CT molecular complexity index is 1110.